The number of esters is 2. The van der Waals surface area contributed by atoms with Gasteiger partial charge in [0.1, 0.15) is 12.2 Å². The van der Waals surface area contributed by atoms with Crippen LogP contribution in [-0.4, -0.2) is 40.7 Å². The van der Waals surface area contributed by atoms with Crippen molar-refractivity contribution in [1.82, 2.24) is 0 Å². The predicted octanol–water partition coefficient (Wildman–Crippen LogP) is 7.05. The maximum Gasteiger partial charge on any atom is 0.312 e. The van der Waals surface area contributed by atoms with Crippen molar-refractivity contribution in [1.29, 1.82) is 0 Å². The highest BCUT2D eigenvalue weighted by molar-refractivity contribution is 8.17. The Balaban J connectivity index is 1.74. The minimum absolute atomic E-state index is 0.0315. The van der Waals surface area contributed by atoms with Crippen LogP contribution in [0.2, 0.25) is 0 Å². The highest BCUT2D eigenvalue weighted by Gasteiger charge is 2.62. The van der Waals surface area contributed by atoms with Crippen molar-refractivity contribution in [2.45, 2.75) is 103 Å². The summed E-state index contributed by atoms with van der Waals surface area (Å²) in [6.45, 7) is 13.4. The van der Waals surface area contributed by atoms with E-state index in [1.54, 1.807) is 23.5 Å². The van der Waals surface area contributed by atoms with Crippen molar-refractivity contribution in [3.05, 3.63) is 0 Å². The second-order valence-electron chi connectivity index (χ2n) is 12.1. The Hall–Kier alpha value is -0.360. The third-order valence-corrected chi connectivity index (χ3v) is 12.3. The fourth-order valence-electron chi connectivity index (χ4n) is 6.72. The molecule has 3 fully saturated rings. The van der Waals surface area contributed by atoms with Gasteiger partial charge in [-0.25, -0.2) is 0 Å². The predicted molar refractivity (Wildman–Crippen MR) is 144 cm³/mol. The molecule has 0 N–H and O–H groups in total. The number of carbonyl (C=O) groups is 2. The molecule has 3 aliphatic carbocycles. The van der Waals surface area contributed by atoms with Gasteiger partial charge in [-0.05, 0) is 80.1 Å². The van der Waals surface area contributed by atoms with E-state index < -0.39 is 11.8 Å². The monoisotopic (exact) mass is 512 g/mol. The molecule has 4 nitrogen and oxygen atoms in total. The van der Waals surface area contributed by atoms with Crippen molar-refractivity contribution >= 4 is 35.5 Å². The van der Waals surface area contributed by atoms with E-state index in [9.17, 15) is 9.59 Å². The first-order chi connectivity index (χ1) is 16.0. The first-order valence-electron chi connectivity index (χ1n) is 13.5. The molecule has 0 amide bonds. The molecule has 0 aromatic heterocycles. The van der Waals surface area contributed by atoms with Gasteiger partial charge in [0.2, 0.25) is 0 Å². The normalized spacial score (nSPS) is 37.8. The van der Waals surface area contributed by atoms with Crippen LogP contribution in [0.25, 0.3) is 0 Å². The zero-order valence-corrected chi connectivity index (χ0v) is 24.3. The average molecular weight is 513 g/mol. The van der Waals surface area contributed by atoms with E-state index in [1.165, 1.54) is 12.8 Å². The number of ether oxygens (including phenoxy) is 2. The van der Waals surface area contributed by atoms with Crippen molar-refractivity contribution in [3.63, 3.8) is 0 Å². The van der Waals surface area contributed by atoms with Gasteiger partial charge in [-0.2, -0.15) is 0 Å². The Morgan fingerprint density at radius 2 is 1.21 bits per heavy atom. The molecular formula is C28H48O4S2. The molecule has 3 rings (SSSR count). The molecule has 3 saturated carbocycles. The van der Waals surface area contributed by atoms with E-state index in [0.717, 1.165) is 25.7 Å². The third kappa shape index (κ3) is 5.95. The molecule has 0 saturated heterocycles. The summed E-state index contributed by atoms with van der Waals surface area (Å²) in [6.07, 6.45) is 11.2. The van der Waals surface area contributed by atoms with Gasteiger partial charge in [0, 0.05) is 0 Å². The topological polar surface area (TPSA) is 52.6 Å². The smallest absolute Gasteiger partial charge is 0.312 e. The van der Waals surface area contributed by atoms with Crippen LogP contribution in [0.1, 0.15) is 86.5 Å². The molecule has 0 aromatic rings. The maximum atomic E-state index is 13.7. The van der Waals surface area contributed by atoms with Gasteiger partial charge in [-0.3, -0.25) is 9.59 Å². The molecule has 0 spiro atoms. The molecule has 0 radical (unpaired) electrons. The zero-order chi connectivity index (χ0) is 25.2. The van der Waals surface area contributed by atoms with E-state index in [4.69, 9.17) is 9.47 Å². The maximum absolute atomic E-state index is 13.7. The quantitative estimate of drug-likeness (QED) is 0.256. The summed E-state index contributed by atoms with van der Waals surface area (Å²) in [5, 5.41) is 0. The lowest BCUT2D eigenvalue weighted by molar-refractivity contribution is -0.180. The Bertz CT molecular complexity index is 705. The lowest BCUT2D eigenvalue weighted by Crippen LogP contribution is -2.58. The summed E-state index contributed by atoms with van der Waals surface area (Å²) in [6, 6.07) is 0. The van der Waals surface area contributed by atoms with Crippen LogP contribution in [0.5, 0.6) is 0 Å². The highest BCUT2D eigenvalue weighted by Crippen LogP contribution is 2.59. The lowest BCUT2D eigenvalue weighted by Gasteiger charge is -2.51. The summed E-state index contributed by atoms with van der Waals surface area (Å²) in [4.78, 5) is 27.1. The van der Waals surface area contributed by atoms with Crippen molar-refractivity contribution in [3.8, 4) is 0 Å². The Morgan fingerprint density at radius 1 is 0.765 bits per heavy atom. The summed E-state index contributed by atoms with van der Waals surface area (Å²) in [5.41, 5.74) is 0. The third-order valence-electron chi connectivity index (χ3n) is 9.09. The van der Waals surface area contributed by atoms with Crippen LogP contribution >= 0.6 is 23.5 Å². The molecule has 196 valence electrons. The van der Waals surface area contributed by atoms with Gasteiger partial charge in [-0.1, -0.05) is 54.4 Å². The molecule has 0 aromatic carbocycles. The second-order valence-corrected chi connectivity index (χ2v) is 14.6. The zero-order valence-electron chi connectivity index (χ0n) is 22.7. The molecule has 6 heteroatoms. The molecule has 3 aliphatic rings. The summed E-state index contributed by atoms with van der Waals surface area (Å²) >= 11 is 3.39. The summed E-state index contributed by atoms with van der Waals surface area (Å²) in [5.74, 6) is 1.75. The Morgan fingerprint density at radius 3 is 1.62 bits per heavy atom. The van der Waals surface area contributed by atoms with E-state index >= 15 is 0 Å². The Labute approximate surface area is 216 Å². The second kappa shape index (κ2) is 11.8. The molecule has 0 aliphatic heterocycles. The first-order valence-corrected chi connectivity index (χ1v) is 16.0. The summed E-state index contributed by atoms with van der Waals surface area (Å²) < 4.78 is 12.2. The van der Waals surface area contributed by atoms with Crippen LogP contribution in [-0.2, 0) is 19.1 Å². The number of rotatable bonds is 8. The average Bonchev–Trinajstić information content (AvgIpc) is 2.73. The number of hydrogen-bond acceptors (Lipinski definition) is 6. The van der Waals surface area contributed by atoms with Gasteiger partial charge in [0.15, 0.2) is 0 Å². The molecule has 34 heavy (non-hydrogen) atoms. The Kier molecular flexibility index (Phi) is 9.79. The van der Waals surface area contributed by atoms with E-state index in [2.05, 4.69) is 54.1 Å². The fraction of sp³-hybridized carbons (Fsp3) is 0.929. The van der Waals surface area contributed by atoms with Crippen molar-refractivity contribution < 1.29 is 19.1 Å². The van der Waals surface area contributed by atoms with Gasteiger partial charge >= 0.3 is 11.9 Å². The molecular weight excluding hydrogens is 464 g/mol. The minimum atomic E-state index is -0.437. The lowest BCUT2D eigenvalue weighted by atomic mass is 9.71. The van der Waals surface area contributed by atoms with Crippen LogP contribution in [0.15, 0.2) is 0 Å². The van der Waals surface area contributed by atoms with Crippen LogP contribution in [0.4, 0.5) is 0 Å². The first kappa shape index (κ1) is 28.2. The number of carbonyl (C=O) groups excluding carboxylic acids is 2. The summed E-state index contributed by atoms with van der Waals surface area (Å²) in [7, 11) is 0. The van der Waals surface area contributed by atoms with E-state index in [-0.39, 0.29) is 28.2 Å². The molecule has 8 atom stereocenters. The molecule has 6 unspecified atom stereocenters. The number of hydrogen-bond donors (Lipinski definition) is 0. The van der Waals surface area contributed by atoms with Gasteiger partial charge in [0.05, 0.1) is 15.9 Å². The molecule has 0 bridgehead atoms. The van der Waals surface area contributed by atoms with Gasteiger partial charge in [-0.15, -0.1) is 23.5 Å². The van der Waals surface area contributed by atoms with E-state index in [0.29, 0.717) is 41.9 Å². The largest absolute Gasteiger partial charge is 0.462 e. The fourth-order valence-corrected chi connectivity index (χ4v) is 9.11. The van der Waals surface area contributed by atoms with Crippen LogP contribution < -0.4 is 0 Å². The van der Waals surface area contributed by atoms with Gasteiger partial charge in [0.25, 0.3) is 0 Å². The van der Waals surface area contributed by atoms with Crippen LogP contribution in [0.3, 0.4) is 0 Å². The number of thioether (sulfide) groups is 2. The standard InChI is InChI=1S/C28H48O4S2/c1-16(2)20-11-9-18(5)13-23(20)31-26(29)22-15-28(33-7,34-8)25(22)27(30)32-24-14-19(6)10-12-21(24)17(3)4/h16-25H,9-15H2,1-8H3/t18?,19?,20?,21?,22-,23?,24?,25-/m0/s1. The van der Waals surface area contributed by atoms with Crippen LogP contribution in [0, 0.1) is 47.3 Å². The van der Waals surface area contributed by atoms with E-state index in [1.807, 2.05) is 0 Å². The van der Waals surface area contributed by atoms with Crippen molar-refractivity contribution in [2.24, 2.45) is 47.3 Å². The minimum Gasteiger partial charge on any atom is -0.462 e. The molecule has 0 heterocycles. The highest BCUT2D eigenvalue weighted by atomic mass is 32.2. The van der Waals surface area contributed by atoms with Gasteiger partial charge < -0.3 is 9.47 Å². The van der Waals surface area contributed by atoms with Crippen molar-refractivity contribution in [2.75, 3.05) is 12.5 Å². The SMILES string of the molecule is CSC1(SC)C[C@H](C(=O)OC2CC(C)CCC2C(C)C)[C@H]1C(=O)OC1CC(C)CCC1C(C)C.